The third kappa shape index (κ3) is 42.1. The molecule has 6 nitrogen and oxygen atoms in total. The third-order valence-corrected chi connectivity index (χ3v) is 9.59. The number of hydrogen-bond acceptors (Lipinski definition) is 6. The number of esters is 3. The molecule has 55 heavy (non-hydrogen) atoms. The van der Waals surface area contributed by atoms with Crippen molar-refractivity contribution in [2.45, 2.75) is 219 Å². The van der Waals surface area contributed by atoms with Gasteiger partial charge in [0.05, 0.1) is 0 Å². The van der Waals surface area contributed by atoms with Crippen molar-refractivity contribution in [2.75, 3.05) is 13.2 Å². The molecule has 1 unspecified atom stereocenters. The number of ether oxygens (including phenoxy) is 3. The summed E-state index contributed by atoms with van der Waals surface area (Å²) in [5, 5.41) is 0. The van der Waals surface area contributed by atoms with Crippen molar-refractivity contribution < 1.29 is 28.6 Å². The monoisotopic (exact) mass is 769 g/mol. The van der Waals surface area contributed by atoms with Gasteiger partial charge in [-0.1, -0.05) is 191 Å². The third-order valence-electron chi connectivity index (χ3n) is 9.59. The van der Waals surface area contributed by atoms with Crippen molar-refractivity contribution in [2.24, 2.45) is 0 Å². The lowest BCUT2D eigenvalue weighted by molar-refractivity contribution is -0.167. The second-order valence-electron chi connectivity index (χ2n) is 15.1. The van der Waals surface area contributed by atoms with Gasteiger partial charge in [0.15, 0.2) is 6.10 Å². The van der Waals surface area contributed by atoms with E-state index < -0.39 is 6.10 Å². The van der Waals surface area contributed by atoms with Crippen LogP contribution in [0.25, 0.3) is 0 Å². The van der Waals surface area contributed by atoms with E-state index in [0.717, 1.165) is 77.0 Å². The van der Waals surface area contributed by atoms with Crippen LogP contribution in [-0.2, 0) is 28.6 Å². The zero-order valence-electron chi connectivity index (χ0n) is 35.9. The summed E-state index contributed by atoms with van der Waals surface area (Å²) < 4.78 is 16.6. The molecule has 0 aliphatic heterocycles. The first-order valence-corrected chi connectivity index (χ1v) is 22.8. The van der Waals surface area contributed by atoms with Crippen LogP contribution in [0.3, 0.4) is 0 Å². The van der Waals surface area contributed by atoms with Gasteiger partial charge in [-0.05, 0) is 64.2 Å². The van der Waals surface area contributed by atoms with Crippen molar-refractivity contribution in [3.63, 3.8) is 0 Å². The number of hydrogen-bond donors (Lipinski definition) is 0. The first-order valence-electron chi connectivity index (χ1n) is 22.8. The smallest absolute Gasteiger partial charge is 0.306 e. The number of unbranched alkanes of at least 4 members (excludes halogenated alkanes) is 22. The van der Waals surface area contributed by atoms with Crippen LogP contribution in [0.2, 0.25) is 0 Å². The van der Waals surface area contributed by atoms with Crippen LogP contribution in [-0.4, -0.2) is 37.2 Å². The van der Waals surface area contributed by atoms with E-state index in [2.05, 4.69) is 81.5 Å². The van der Waals surface area contributed by atoms with E-state index in [1.54, 1.807) is 0 Å². The largest absolute Gasteiger partial charge is 0.462 e. The molecule has 0 bridgehead atoms. The highest BCUT2D eigenvalue weighted by molar-refractivity contribution is 5.71. The quantitative estimate of drug-likeness (QED) is 0.0203. The van der Waals surface area contributed by atoms with Gasteiger partial charge in [-0.25, -0.2) is 0 Å². The van der Waals surface area contributed by atoms with Crippen LogP contribution >= 0.6 is 0 Å². The maximum absolute atomic E-state index is 12.7. The number of carbonyl (C=O) groups is 3. The Bertz CT molecular complexity index is 1020. The van der Waals surface area contributed by atoms with Crippen LogP contribution in [0.1, 0.15) is 213 Å². The molecule has 0 aliphatic rings. The fraction of sp³-hybridized carbons (Fsp3) is 0.735. The number of allylic oxidation sites excluding steroid dienone is 10. The second kappa shape index (κ2) is 43.8. The normalized spacial score (nSPS) is 12.6. The molecule has 0 saturated carbocycles. The summed E-state index contributed by atoms with van der Waals surface area (Å²) in [6.45, 7) is 6.49. The molecule has 6 heteroatoms. The lowest BCUT2D eigenvalue weighted by atomic mass is 10.1. The minimum absolute atomic E-state index is 0.0943. The molecule has 0 aromatic carbocycles. The molecule has 0 fully saturated rings. The molecule has 0 amide bonds. The number of rotatable bonds is 40. The summed E-state index contributed by atoms with van der Waals surface area (Å²) >= 11 is 0. The zero-order chi connectivity index (χ0) is 40.1. The van der Waals surface area contributed by atoms with Gasteiger partial charge in [0.2, 0.25) is 0 Å². The Morgan fingerprint density at radius 3 is 1.20 bits per heavy atom. The second-order valence-corrected chi connectivity index (χ2v) is 15.1. The lowest BCUT2D eigenvalue weighted by Crippen LogP contribution is -2.30. The Labute approximate surface area is 339 Å². The summed E-state index contributed by atoms with van der Waals surface area (Å²) in [6.07, 6.45) is 52.1. The maximum atomic E-state index is 12.7. The van der Waals surface area contributed by atoms with Crippen LogP contribution < -0.4 is 0 Å². The van der Waals surface area contributed by atoms with Crippen LogP contribution in [0.4, 0.5) is 0 Å². The topological polar surface area (TPSA) is 78.9 Å². The zero-order valence-corrected chi connectivity index (χ0v) is 35.9. The molecule has 0 N–H and O–H groups in total. The summed E-state index contributed by atoms with van der Waals surface area (Å²) in [5.74, 6) is -0.956. The minimum atomic E-state index is -0.789. The van der Waals surface area contributed by atoms with Crippen molar-refractivity contribution in [3.05, 3.63) is 60.8 Å². The van der Waals surface area contributed by atoms with Gasteiger partial charge in [-0.15, -0.1) is 0 Å². The van der Waals surface area contributed by atoms with Gasteiger partial charge in [0, 0.05) is 19.3 Å². The predicted octanol–water partition coefficient (Wildman–Crippen LogP) is 14.5. The molecule has 0 aromatic heterocycles. The molecule has 1 atom stereocenters. The predicted molar refractivity (Wildman–Crippen MR) is 233 cm³/mol. The first-order chi connectivity index (χ1) is 27.0. The number of carbonyl (C=O) groups excluding carboxylic acids is 3. The van der Waals surface area contributed by atoms with E-state index in [1.807, 2.05) is 0 Å². The van der Waals surface area contributed by atoms with Gasteiger partial charge in [0.1, 0.15) is 13.2 Å². The van der Waals surface area contributed by atoms with E-state index in [0.29, 0.717) is 25.7 Å². The molecule has 0 saturated heterocycles. The summed E-state index contributed by atoms with van der Waals surface area (Å²) in [5.41, 5.74) is 0. The molecule has 316 valence electrons. The standard InChI is InChI=1S/C49H84O6/c1-4-7-10-13-16-19-21-22-23-24-25-26-27-28-31-33-36-39-42-48(51)54-45-46(44-53-47(50)41-38-35-32-29-18-15-12-9-6-3)55-49(52)43-40-37-34-30-20-17-14-11-8-5-2/h16,19,21-26,29,32,46H,4-15,17-18,20,27-28,30-31,33-45H2,1-3H3/b19-16-,22-21-,24-23-,26-25-,32-29-. The van der Waals surface area contributed by atoms with Crippen LogP contribution in [0, 0.1) is 0 Å². The van der Waals surface area contributed by atoms with E-state index in [9.17, 15) is 14.4 Å². The molecule has 0 aliphatic carbocycles. The first kappa shape index (κ1) is 52.1. The Hall–Kier alpha value is -2.89. The van der Waals surface area contributed by atoms with Gasteiger partial charge in [0.25, 0.3) is 0 Å². The molecular formula is C49H84O6. The van der Waals surface area contributed by atoms with Gasteiger partial charge in [-0.2, -0.15) is 0 Å². The SMILES string of the molecule is CCCCC\C=C/C=C\C=C/C=C\CCCCCCCC(=O)OCC(COC(=O)CCC/C=C\CCCCCC)OC(=O)CCCCCCCCCCCC. The molecule has 0 radical (unpaired) electrons. The average molecular weight is 769 g/mol. The summed E-state index contributed by atoms with van der Waals surface area (Å²) in [4.78, 5) is 37.6. The Balaban J connectivity index is 4.39. The van der Waals surface area contributed by atoms with E-state index in [-0.39, 0.29) is 31.1 Å². The van der Waals surface area contributed by atoms with Crippen molar-refractivity contribution in [3.8, 4) is 0 Å². The van der Waals surface area contributed by atoms with E-state index in [4.69, 9.17) is 14.2 Å². The van der Waals surface area contributed by atoms with Gasteiger partial charge in [-0.3, -0.25) is 14.4 Å². The Kier molecular flexibility index (Phi) is 41.5. The minimum Gasteiger partial charge on any atom is -0.462 e. The molecule has 0 heterocycles. The van der Waals surface area contributed by atoms with Crippen LogP contribution in [0.5, 0.6) is 0 Å². The maximum Gasteiger partial charge on any atom is 0.306 e. The van der Waals surface area contributed by atoms with Crippen molar-refractivity contribution in [1.29, 1.82) is 0 Å². The molecule has 0 aromatic rings. The average Bonchev–Trinajstić information content (AvgIpc) is 3.18. The fourth-order valence-corrected chi connectivity index (χ4v) is 6.10. The van der Waals surface area contributed by atoms with Gasteiger partial charge < -0.3 is 14.2 Å². The fourth-order valence-electron chi connectivity index (χ4n) is 6.10. The summed E-state index contributed by atoms with van der Waals surface area (Å²) in [6, 6.07) is 0. The molecular weight excluding hydrogens is 685 g/mol. The van der Waals surface area contributed by atoms with Gasteiger partial charge >= 0.3 is 17.9 Å². The highest BCUT2D eigenvalue weighted by Crippen LogP contribution is 2.13. The van der Waals surface area contributed by atoms with E-state index in [1.165, 1.54) is 89.9 Å². The summed E-state index contributed by atoms with van der Waals surface area (Å²) in [7, 11) is 0. The van der Waals surface area contributed by atoms with Crippen LogP contribution in [0.15, 0.2) is 60.8 Å². The molecule has 0 rings (SSSR count). The highest BCUT2D eigenvalue weighted by atomic mass is 16.6. The lowest BCUT2D eigenvalue weighted by Gasteiger charge is -2.18. The Morgan fingerprint density at radius 1 is 0.364 bits per heavy atom. The highest BCUT2D eigenvalue weighted by Gasteiger charge is 2.19. The van der Waals surface area contributed by atoms with E-state index >= 15 is 0 Å². The molecule has 0 spiro atoms. The Morgan fingerprint density at radius 2 is 0.691 bits per heavy atom. The van der Waals surface area contributed by atoms with Crippen molar-refractivity contribution in [1.82, 2.24) is 0 Å². The van der Waals surface area contributed by atoms with Crippen molar-refractivity contribution >= 4 is 17.9 Å².